The van der Waals surface area contributed by atoms with Crippen molar-refractivity contribution in [2.45, 2.75) is 20.4 Å². The number of hydrogen-bond acceptors (Lipinski definition) is 4. The molecular formula is C14H17N3OS. The minimum absolute atomic E-state index is 0.0793. The van der Waals surface area contributed by atoms with E-state index in [-0.39, 0.29) is 5.91 Å². The summed E-state index contributed by atoms with van der Waals surface area (Å²) in [5, 5.41) is 6.07. The number of amides is 1. The molecule has 0 saturated heterocycles. The Bertz CT molecular complexity index is 565. The predicted octanol–water partition coefficient (Wildman–Crippen LogP) is 2.81. The average molecular weight is 275 g/mol. The van der Waals surface area contributed by atoms with Crippen molar-refractivity contribution in [3.05, 3.63) is 45.9 Å². The largest absolute Gasteiger partial charge is 0.383 e. The third-order valence-corrected chi connectivity index (χ3v) is 3.65. The Labute approximate surface area is 116 Å². The first-order chi connectivity index (χ1) is 9.20. The maximum atomic E-state index is 12.1. The summed E-state index contributed by atoms with van der Waals surface area (Å²) in [6, 6.07) is 5.83. The van der Waals surface area contributed by atoms with E-state index in [1.54, 1.807) is 29.8 Å². The lowest BCUT2D eigenvalue weighted by Gasteiger charge is -2.09. The number of carbonyl (C=O) groups excluding carboxylic acids is 1. The zero-order chi connectivity index (χ0) is 13.7. The van der Waals surface area contributed by atoms with Crippen LogP contribution in [0.15, 0.2) is 30.6 Å². The van der Waals surface area contributed by atoms with Gasteiger partial charge in [0.1, 0.15) is 0 Å². The van der Waals surface area contributed by atoms with Crippen molar-refractivity contribution in [1.29, 1.82) is 0 Å². The number of hydrogen-bond donors (Lipinski definition) is 2. The molecule has 2 rings (SSSR count). The number of anilines is 1. The third kappa shape index (κ3) is 3.54. The molecule has 100 valence electrons. The molecule has 0 saturated carbocycles. The number of carbonyl (C=O) groups is 1. The fraction of sp³-hybridized carbons (Fsp3) is 0.286. The van der Waals surface area contributed by atoms with Crippen LogP contribution in [0.4, 0.5) is 5.69 Å². The van der Waals surface area contributed by atoms with Crippen molar-refractivity contribution in [2.24, 2.45) is 0 Å². The van der Waals surface area contributed by atoms with E-state index in [0.717, 1.165) is 17.1 Å². The first-order valence-electron chi connectivity index (χ1n) is 6.22. The second kappa shape index (κ2) is 6.33. The van der Waals surface area contributed by atoms with Crippen LogP contribution in [0.5, 0.6) is 0 Å². The summed E-state index contributed by atoms with van der Waals surface area (Å²) in [4.78, 5) is 18.6. The Morgan fingerprint density at radius 3 is 2.89 bits per heavy atom. The van der Waals surface area contributed by atoms with Gasteiger partial charge in [0.05, 0.1) is 24.0 Å². The first kappa shape index (κ1) is 13.5. The minimum atomic E-state index is -0.0793. The summed E-state index contributed by atoms with van der Waals surface area (Å²) >= 11 is 1.70. The summed E-state index contributed by atoms with van der Waals surface area (Å²) in [5.74, 6) is -0.0793. The molecule has 2 heterocycles. The van der Waals surface area contributed by atoms with Crippen LogP contribution in [-0.2, 0) is 6.54 Å². The fourth-order valence-electron chi connectivity index (χ4n) is 1.77. The van der Waals surface area contributed by atoms with Crippen LogP contribution in [0.3, 0.4) is 0 Å². The van der Waals surface area contributed by atoms with E-state index in [1.807, 2.05) is 13.0 Å². The van der Waals surface area contributed by atoms with Crippen LogP contribution in [0, 0.1) is 6.92 Å². The van der Waals surface area contributed by atoms with E-state index >= 15 is 0 Å². The van der Waals surface area contributed by atoms with Crippen LogP contribution >= 0.6 is 11.3 Å². The van der Waals surface area contributed by atoms with Gasteiger partial charge in [0.25, 0.3) is 5.91 Å². The van der Waals surface area contributed by atoms with Crippen molar-refractivity contribution in [3.8, 4) is 0 Å². The average Bonchev–Trinajstić information content (AvgIpc) is 2.83. The zero-order valence-corrected chi connectivity index (χ0v) is 11.9. The van der Waals surface area contributed by atoms with Crippen LogP contribution < -0.4 is 10.6 Å². The minimum Gasteiger partial charge on any atom is -0.383 e. The second-order valence-electron chi connectivity index (χ2n) is 4.15. The van der Waals surface area contributed by atoms with Gasteiger partial charge in [-0.25, -0.2) is 0 Å². The molecule has 2 N–H and O–H groups in total. The molecule has 0 atom stereocenters. The quantitative estimate of drug-likeness (QED) is 0.882. The maximum absolute atomic E-state index is 12.1. The van der Waals surface area contributed by atoms with E-state index < -0.39 is 0 Å². The molecule has 0 aliphatic rings. The second-order valence-corrected chi connectivity index (χ2v) is 5.52. The molecular weight excluding hydrogens is 258 g/mol. The van der Waals surface area contributed by atoms with E-state index in [0.29, 0.717) is 12.1 Å². The van der Waals surface area contributed by atoms with Crippen LogP contribution in [-0.4, -0.2) is 17.4 Å². The van der Waals surface area contributed by atoms with Crippen molar-refractivity contribution in [1.82, 2.24) is 10.3 Å². The molecule has 1 amide bonds. The molecule has 19 heavy (non-hydrogen) atoms. The lowest BCUT2D eigenvalue weighted by Crippen LogP contribution is -2.23. The smallest absolute Gasteiger partial charge is 0.253 e. The van der Waals surface area contributed by atoms with E-state index in [2.05, 4.69) is 28.6 Å². The lowest BCUT2D eigenvalue weighted by atomic mass is 10.2. The number of aromatic nitrogens is 1. The molecule has 4 nitrogen and oxygen atoms in total. The molecule has 0 unspecified atom stereocenters. The number of aryl methyl sites for hydroxylation is 1. The Morgan fingerprint density at radius 2 is 2.21 bits per heavy atom. The third-order valence-electron chi connectivity index (χ3n) is 2.65. The summed E-state index contributed by atoms with van der Waals surface area (Å²) in [6.45, 7) is 5.37. The van der Waals surface area contributed by atoms with Gasteiger partial charge in [-0.15, -0.1) is 11.3 Å². The van der Waals surface area contributed by atoms with E-state index in [1.165, 1.54) is 4.88 Å². The van der Waals surface area contributed by atoms with Gasteiger partial charge in [-0.1, -0.05) is 0 Å². The van der Waals surface area contributed by atoms with E-state index in [4.69, 9.17) is 0 Å². The number of rotatable bonds is 5. The highest BCUT2D eigenvalue weighted by Crippen LogP contribution is 2.16. The highest BCUT2D eigenvalue weighted by molar-refractivity contribution is 7.11. The Hall–Kier alpha value is -1.88. The summed E-state index contributed by atoms with van der Waals surface area (Å²) in [7, 11) is 0. The monoisotopic (exact) mass is 275 g/mol. The van der Waals surface area contributed by atoms with Crippen molar-refractivity contribution in [2.75, 3.05) is 11.9 Å². The molecule has 5 heteroatoms. The molecule has 2 aromatic heterocycles. The summed E-state index contributed by atoms with van der Waals surface area (Å²) in [6.07, 6.45) is 3.30. The number of nitrogens with one attached hydrogen (secondary N) is 2. The molecule has 0 spiro atoms. The van der Waals surface area contributed by atoms with Crippen molar-refractivity contribution >= 4 is 22.9 Å². The van der Waals surface area contributed by atoms with Gasteiger partial charge in [-0.3, -0.25) is 9.78 Å². The topological polar surface area (TPSA) is 54.0 Å². The van der Waals surface area contributed by atoms with Crippen molar-refractivity contribution < 1.29 is 4.79 Å². The molecule has 0 fully saturated rings. The normalized spacial score (nSPS) is 10.2. The Morgan fingerprint density at radius 1 is 1.37 bits per heavy atom. The summed E-state index contributed by atoms with van der Waals surface area (Å²) in [5.41, 5.74) is 1.40. The standard InChI is InChI=1S/C14H17N3OS/c1-3-16-13-9-15-7-6-12(13)14(18)17-8-11-5-4-10(2)19-11/h4-7,9,16H,3,8H2,1-2H3,(H,17,18). The number of pyridine rings is 1. The highest BCUT2D eigenvalue weighted by atomic mass is 32.1. The highest BCUT2D eigenvalue weighted by Gasteiger charge is 2.10. The van der Waals surface area contributed by atoms with Crippen LogP contribution in [0.1, 0.15) is 27.0 Å². The predicted molar refractivity (Wildman–Crippen MR) is 78.6 cm³/mol. The number of thiophene rings is 1. The molecule has 0 aromatic carbocycles. The lowest BCUT2D eigenvalue weighted by molar-refractivity contribution is 0.0952. The first-order valence-corrected chi connectivity index (χ1v) is 7.03. The molecule has 0 radical (unpaired) electrons. The van der Waals surface area contributed by atoms with Crippen LogP contribution in [0.25, 0.3) is 0 Å². The van der Waals surface area contributed by atoms with E-state index in [9.17, 15) is 4.79 Å². The van der Waals surface area contributed by atoms with Gasteiger partial charge >= 0.3 is 0 Å². The van der Waals surface area contributed by atoms with Gasteiger partial charge in [-0.2, -0.15) is 0 Å². The summed E-state index contributed by atoms with van der Waals surface area (Å²) < 4.78 is 0. The number of nitrogens with zero attached hydrogens (tertiary/aromatic N) is 1. The Kier molecular flexibility index (Phi) is 4.52. The Balaban J connectivity index is 2.03. The molecule has 2 aromatic rings. The molecule has 0 bridgehead atoms. The maximum Gasteiger partial charge on any atom is 0.253 e. The molecule has 0 aliphatic carbocycles. The SMILES string of the molecule is CCNc1cnccc1C(=O)NCc1ccc(C)s1. The molecule has 0 aliphatic heterocycles. The van der Waals surface area contributed by atoms with Crippen molar-refractivity contribution in [3.63, 3.8) is 0 Å². The van der Waals surface area contributed by atoms with Crippen LogP contribution in [0.2, 0.25) is 0 Å². The van der Waals surface area contributed by atoms with Gasteiger partial charge < -0.3 is 10.6 Å². The van der Waals surface area contributed by atoms with Gasteiger partial charge in [-0.05, 0) is 32.0 Å². The zero-order valence-electron chi connectivity index (χ0n) is 11.1. The van der Waals surface area contributed by atoms with Gasteiger partial charge in [0, 0.05) is 22.5 Å². The van der Waals surface area contributed by atoms with Gasteiger partial charge in [0.2, 0.25) is 0 Å². The fourth-order valence-corrected chi connectivity index (χ4v) is 2.60. The van der Waals surface area contributed by atoms with Gasteiger partial charge in [0.15, 0.2) is 0 Å².